The van der Waals surface area contributed by atoms with E-state index in [0.29, 0.717) is 0 Å². The molecule has 2 aromatic carbocycles. The molecule has 0 saturated heterocycles. The van der Waals surface area contributed by atoms with Crippen LogP contribution in [-0.2, 0) is 0 Å². The Labute approximate surface area is 113 Å². The molecule has 0 aliphatic rings. The lowest BCUT2D eigenvalue weighted by molar-refractivity contribution is 0.102. The van der Waals surface area contributed by atoms with Crippen LogP contribution in [0, 0.1) is 11.6 Å². The number of nitrogens with two attached hydrogens (primary N) is 1. The van der Waals surface area contributed by atoms with Crippen molar-refractivity contribution in [2.75, 3.05) is 11.1 Å². The summed E-state index contributed by atoms with van der Waals surface area (Å²) >= 11 is 5.77. The standard InChI is InChI=1S/C13H9ClF2N2O/c14-9-6-7(15)4-5-11(9)18-13(19)8-2-1-3-10(16)12(8)17/h1-6H,17H2,(H,18,19). The fourth-order valence-electron chi connectivity index (χ4n) is 1.52. The molecule has 0 spiro atoms. The van der Waals surface area contributed by atoms with Crippen molar-refractivity contribution in [3.63, 3.8) is 0 Å². The van der Waals surface area contributed by atoms with Crippen LogP contribution in [0.1, 0.15) is 10.4 Å². The molecule has 0 aliphatic carbocycles. The third kappa shape index (κ3) is 2.82. The van der Waals surface area contributed by atoms with Crippen molar-refractivity contribution in [2.45, 2.75) is 0 Å². The van der Waals surface area contributed by atoms with E-state index in [2.05, 4.69) is 5.32 Å². The predicted octanol–water partition coefficient (Wildman–Crippen LogP) is 3.45. The van der Waals surface area contributed by atoms with Crippen LogP contribution in [0.5, 0.6) is 0 Å². The van der Waals surface area contributed by atoms with Gasteiger partial charge in [0, 0.05) is 0 Å². The van der Waals surface area contributed by atoms with E-state index in [1.54, 1.807) is 0 Å². The van der Waals surface area contributed by atoms with Gasteiger partial charge in [-0.05, 0) is 30.3 Å². The van der Waals surface area contributed by atoms with Crippen LogP contribution >= 0.6 is 11.6 Å². The second-order valence-electron chi connectivity index (χ2n) is 3.78. The minimum Gasteiger partial charge on any atom is -0.396 e. The lowest BCUT2D eigenvalue weighted by atomic mass is 10.1. The van der Waals surface area contributed by atoms with Gasteiger partial charge in [-0.25, -0.2) is 8.78 Å². The smallest absolute Gasteiger partial charge is 0.257 e. The van der Waals surface area contributed by atoms with Gasteiger partial charge in [0.05, 0.1) is 22.0 Å². The van der Waals surface area contributed by atoms with E-state index >= 15 is 0 Å². The van der Waals surface area contributed by atoms with Gasteiger partial charge in [-0.1, -0.05) is 17.7 Å². The number of amides is 1. The topological polar surface area (TPSA) is 55.1 Å². The van der Waals surface area contributed by atoms with Crippen molar-refractivity contribution in [3.8, 4) is 0 Å². The SMILES string of the molecule is Nc1c(F)cccc1C(=O)Nc1ccc(F)cc1Cl. The molecule has 0 aliphatic heterocycles. The largest absolute Gasteiger partial charge is 0.396 e. The Hall–Kier alpha value is -2.14. The van der Waals surface area contributed by atoms with Crippen LogP contribution < -0.4 is 11.1 Å². The maximum atomic E-state index is 13.2. The van der Waals surface area contributed by atoms with Gasteiger partial charge in [0.2, 0.25) is 0 Å². The molecule has 0 unspecified atom stereocenters. The van der Waals surface area contributed by atoms with E-state index in [1.165, 1.54) is 18.2 Å². The average Bonchev–Trinajstić information content (AvgIpc) is 2.36. The summed E-state index contributed by atoms with van der Waals surface area (Å²) in [6, 6.07) is 7.42. The Bertz CT molecular complexity index is 647. The van der Waals surface area contributed by atoms with E-state index in [9.17, 15) is 13.6 Å². The lowest BCUT2D eigenvalue weighted by Gasteiger charge is -2.09. The summed E-state index contributed by atoms with van der Waals surface area (Å²) in [6.07, 6.45) is 0. The van der Waals surface area contributed by atoms with Gasteiger partial charge in [0.25, 0.3) is 5.91 Å². The number of nitrogens with one attached hydrogen (secondary N) is 1. The molecule has 0 saturated carbocycles. The Morgan fingerprint density at radius 3 is 2.63 bits per heavy atom. The molecular weight excluding hydrogens is 274 g/mol. The maximum Gasteiger partial charge on any atom is 0.257 e. The molecule has 3 N–H and O–H groups in total. The van der Waals surface area contributed by atoms with Crippen molar-refractivity contribution in [2.24, 2.45) is 0 Å². The highest BCUT2D eigenvalue weighted by Gasteiger charge is 2.14. The van der Waals surface area contributed by atoms with Crippen LogP contribution in [0.3, 0.4) is 0 Å². The number of carbonyl (C=O) groups is 1. The van der Waals surface area contributed by atoms with E-state index in [0.717, 1.165) is 18.2 Å². The summed E-state index contributed by atoms with van der Waals surface area (Å²) in [5, 5.41) is 2.48. The van der Waals surface area contributed by atoms with E-state index in [4.69, 9.17) is 17.3 Å². The van der Waals surface area contributed by atoms with Crippen molar-refractivity contribution in [1.82, 2.24) is 0 Å². The minimum atomic E-state index is -0.683. The van der Waals surface area contributed by atoms with Gasteiger partial charge in [-0.2, -0.15) is 0 Å². The molecular formula is C13H9ClF2N2O. The summed E-state index contributed by atoms with van der Waals surface area (Å²) < 4.78 is 26.1. The molecule has 0 fully saturated rings. The van der Waals surface area contributed by atoms with Gasteiger partial charge < -0.3 is 11.1 Å². The molecule has 1 amide bonds. The molecule has 6 heteroatoms. The predicted molar refractivity (Wildman–Crippen MR) is 70.2 cm³/mol. The first-order valence-corrected chi connectivity index (χ1v) is 5.67. The number of rotatable bonds is 2. The number of hydrogen-bond acceptors (Lipinski definition) is 2. The second kappa shape index (κ2) is 5.24. The van der Waals surface area contributed by atoms with Crippen LogP contribution in [-0.4, -0.2) is 5.91 Å². The normalized spacial score (nSPS) is 10.3. The fraction of sp³-hybridized carbons (Fsp3) is 0. The number of para-hydroxylation sites is 1. The van der Waals surface area contributed by atoms with Gasteiger partial charge in [0.1, 0.15) is 11.6 Å². The Morgan fingerprint density at radius 1 is 1.21 bits per heavy atom. The molecule has 98 valence electrons. The Balaban J connectivity index is 2.28. The van der Waals surface area contributed by atoms with E-state index in [-0.39, 0.29) is 22.0 Å². The zero-order chi connectivity index (χ0) is 14.0. The molecule has 0 aromatic heterocycles. The van der Waals surface area contributed by atoms with Crippen molar-refractivity contribution in [3.05, 3.63) is 58.6 Å². The minimum absolute atomic E-state index is 0.0135. The van der Waals surface area contributed by atoms with Crippen molar-refractivity contribution >= 4 is 28.9 Å². The second-order valence-corrected chi connectivity index (χ2v) is 4.19. The van der Waals surface area contributed by atoms with Crippen LogP contribution in [0.2, 0.25) is 5.02 Å². The molecule has 0 radical (unpaired) electrons. The zero-order valence-corrected chi connectivity index (χ0v) is 10.3. The monoisotopic (exact) mass is 282 g/mol. The average molecular weight is 283 g/mol. The van der Waals surface area contributed by atoms with E-state index in [1.807, 2.05) is 0 Å². The number of hydrogen-bond donors (Lipinski definition) is 2. The summed E-state index contributed by atoms with van der Waals surface area (Å²) in [4.78, 5) is 11.9. The molecule has 19 heavy (non-hydrogen) atoms. The summed E-state index contributed by atoms with van der Waals surface area (Å²) in [5.41, 5.74) is 5.42. The third-order valence-electron chi connectivity index (χ3n) is 2.48. The molecule has 2 rings (SSSR count). The summed E-state index contributed by atoms with van der Waals surface area (Å²) in [6.45, 7) is 0. The first kappa shape index (κ1) is 13.3. The van der Waals surface area contributed by atoms with Gasteiger partial charge in [-0.15, -0.1) is 0 Å². The molecule has 2 aromatic rings. The van der Waals surface area contributed by atoms with Crippen LogP contribution in [0.4, 0.5) is 20.2 Å². The van der Waals surface area contributed by atoms with Crippen molar-refractivity contribution in [1.29, 1.82) is 0 Å². The van der Waals surface area contributed by atoms with Crippen LogP contribution in [0.15, 0.2) is 36.4 Å². The number of halogens is 3. The van der Waals surface area contributed by atoms with Gasteiger partial charge in [-0.3, -0.25) is 4.79 Å². The van der Waals surface area contributed by atoms with E-state index < -0.39 is 17.5 Å². The maximum absolute atomic E-state index is 13.2. The number of nitrogen functional groups attached to an aromatic ring is 1. The quantitative estimate of drug-likeness (QED) is 0.829. The highest BCUT2D eigenvalue weighted by molar-refractivity contribution is 6.34. The van der Waals surface area contributed by atoms with Gasteiger partial charge >= 0.3 is 0 Å². The fourth-order valence-corrected chi connectivity index (χ4v) is 1.73. The van der Waals surface area contributed by atoms with Crippen LogP contribution in [0.25, 0.3) is 0 Å². The molecule has 3 nitrogen and oxygen atoms in total. The first-order valence-electron chi connectivity index (χ1n) is 5.29. The Morgan fingerprint density at radius 2 is 1.95 bits per heavy atom. The van der Waals surface area contributed by atoms with Crippen molar-refractivity contribution < 1.29 is 13.6 Å². The highest BCUT2D eigenvalue weighted by Crippen LogP contribution is 2.24. The molecule has 0 bridgehead atoms. The number of carbonyl (C=O) groups excluding carboxylic acids is 1. The summed E-state index contributed by atoms with van der Waals surface area (Å²) in [5.74, 6) is -1.82. The molecule has 0 atom stereocenters. The zero-order valence-electron chi connectivity index (χ0n) is 9.58. The summed E-state index contributed by atoms with van der Waals surface area (Å²) in [7, 11) is 0. The van der Waals surface area contributed by atoms with Gasteiger partial charge in [0.15, 0.2) is 0 Å². The molecule has 0 heterocycles. The highest BCUT2D eigenvalue weighted by atomic mass is 35.5. The number of anilines is 2. The Kier molecular flexibility index (Phi) is 3.66. The first-order chi connectivity index (χ1) is 8.99. The third-order valence-corrected chi connectivity index (χ3v) is 2.79. The number of benzene rings is 2. The lowest BCUT2D eigenvalue weighted by Crippen LogP contribution is -2.15.